The second kappa shape index (κ2) is 7.15. The van der Waals surface area contributed by atoms with Crippen LogP contribution in [0.5, 0.6) is 0 Å². The fraction of sp³-hybridized carbons (Fsp3) is 0.400. The minimum atomic E-state index is -3.00. The quantitative estimate of drug-likeness (QED) is 0.914. The van der Waals surface area contributed by atoms with Crippen LogP contribution in [-0.2, 0) is 9.84 Å². The minimum absolute atomic E-state index is 0.0508. The number of urea groups is 1. The van der Waals surface area contributed by atoms with Crippen molar-refractivity contribution in [2.75, 3.05) is 18.1 Å². The molecule has 1 N–H and O–H groups in total. The highest BCUT2D eigenvalue weighted by atomic mass is 35.5. The third-order valence-corrected chi connectivity index (χ3v) is 5.61. The zero-order valence-electron chi connectivity index (χ0n) is 12.3. The highest BCUT2D eigenvalue weighted by Gasteiger charge is 2.33. The van der Waals surface area contributed by atoms with Gasteiger partial charge in [-0.1, -0.05) is 23.7 Å². The monoisotopic (exact) mass is 342 g/mol. The molecule has 1 aromatic carbocycles. The fourth-order valence-electron chi connectivity index (χ4n) is 2.45. The average molecular weight is 343 g/mol. The van der Waals surface area contributed by atoms with E-state index in [2.05, 4.69) is 5.32 Å². The maximum atomic E-state index is 12.2. The molecule has 0 saturated carbocycles. The number of hydrogen-bond acceptors (Lipinski definition) is 3. The molecule has 5 nitrogen and oxygen atoms in total. The third kappa shape index (κ3) is 4.48. The average Bonchev–Trinajstić information content (AvgIpc) is 2.82. The molecule has 2 amide bonds. The summed E-state index contributed by atoms with van der Waals surface area (Å²) in [6.07, 6.45) is 3.82. The summed E-state index contributed by atoms with van der Waals surface area (Å²) in [7, 11) is -3.00. The second-order valence-corrected chi connectivity index (χ2v) is 7.84. The molecule has 120 valence electrons. The van der Waals surface area contributed by atoms with Crippen LogP contribution in [0.3, 0.4) is 0 Å². The number of carbonyl (C=O) groups excluding carboxylic acids is 1. The number of benzene rings is 1. The Balaban J connectivity index is 1.94. The summed E-state index contributed by atoms with van der Waals surface area (Å²) in [5, 5.41) is 3.33. The molecule has 0 aromatic heterocycles. The number of nitrogens with one attached hydrogen (secondary N) is 1. The fourth-order valence-corrected chi connectivity index (χ4v) is 4.31. The minimum Gasteiger partial charge on any atom is -0.321 e. The number of amides is 2. The van der Waals surface area contributed by atoms with Crippen molar-refractivity contribution in [3.05, 3.63) is 41.1 Å². The van der Waals surface area contributed by atoms with Crippen molar-refractivity contribution in [2.24, 2.45) is 0 Å². The number of nitrogens with zero attached hydrogens (tertiary/aromatic N) is 1. The standard InChI is InChI=1S/C15H19ClN2O3S/c1-2-18(14-8-10-22(20,21)11-14)15(19)17-9-7-12-3-5-13(16)6-4-12/h3-7,9,14H,2,8,10-11H2,1H3,(H,17,19)/b9-7+. The molecule has 2 rings (SSSR count). The van der Waals surface area contributed by atoms with E-state index >= 15 is 0 Å². The SMILES string of the molecule is CCN(C(=O)N/C=C/c1ccc(Cl)cc1)C1CCS(=O)(=O)C1. The molecule has 1 aliphatic heterocycles. The molecule has 0 bridgehead atoms. The van der Waals surface area contributed by atoms with Gasteiger partial charge in [0.1, 0.15) is 0 Å². The molecule has 22 heavy (non-hydrogen) atoms. The van der Waals surface area contributed by atoms with Crippen molar-refractivity contribution in [1.29, 1.82) is 0 Å². The summed E-state index contributed by atoms with van der Waals surface area (Å²) >= 11 is 5.80. The first kappa shape index (κ1) is 16.8. The topological polar surface area (TPSA) is 66.5 Å². The second-order valence-electron chi connectivity index (χ2n) is 5.18. The van der Waals surface area contributed by atoms with Crippen LogP contribution in [0.25, 0.3) is 6.08 Å². The summed E-state index contributed by atoms with van der Waals surface area (Å²) in [5.41, 5.74) is 0.913. The number of rotatable bonds is 4. The zero-order valence-corrected chi connectivity index (χ0v) is 13.9. The van der Waals surface area contributed by atoms with Gasteiger partial charge < -0.3 is 10.2 Å². The Labute approximate surface area is 135 Å². The highest BCUT2D eigenvalue weighted by molar-refractivity contribution is 7.91. The first-order valence-corrected chi connectivity index (χ1v) is 9.31. The first-order chi connectivity index (χ1) is 10.4. The molecule has 1 fully saturated rings. The summed E-state index contributed by atoms with van der Waals surface area (Å²) < 4.78 is 23.1. The molecule has 0 aliphatic carbocycles. The number of halogens is 1. The van der Waals surface area contributed by atoms with Gasteiger partial charge in [-0.2, -0.15) is 0 Å². The Bertz CT molecular complexity index is 656. The molecule has 0 radical (unpaired) electrons. The maximum absolute atomic E-state index is 12.2. The van der Waals surface area contributed by atoms with Crippen LogP contribution < -0.4 is 5.32 Å². The van der Waals surface area contributed by atoms with E-state index in [4.69, 9.17) is 11.6 Å². The lowest BCUT2D eigenvalue weighted by Gasteiger charge is -2.26. The van der Waals surface area contributed by atoms with Gasteiger partial charge in [-0.25, -0.2) is 13.2 Å². The lowest BCUT2D eigenvalue weighted by atomic mass is 10.2. The molecule has 7 heteroatoms. The smallest absolute Gasteiger partial charge is 0.321 e. The summed E-state index contributed by atoms with van der Waals surface area (Å²) in [5.74, 6) is 0.206. The van der Waals surface area contributed by atoms with Crippen LogP contribution in [0.2, 0.25) is 5.02 Å². The van der Waals surface area contributed by atoms with Crippen LogP contribution in [0, 0.1) is 0 Å². The number of hydrogen-bond donors (Lipinski definition) is 1. The van der Waals surface area contributed by atoms with E-state index in [0.717, 1.165) is 5.56 Å². The van der Waals surface area contributed by atoms with Crippen molar-refractivity contribution in [2.45, 2.75) is 19.4 Å². The van der Waals surface area contributed by atoms with Gasteiger partial charge in [-0.3, -0.25) is 0 Å². The van der Waals surface area contributed by atoms with E-state index in [1.54, 1.807) is 29.3 Å². The predicted octanol–water partition coefficient (Wildman–Crippen LogP) is 2.53. The normalized spacial score (nSPS) is 20.2. The van der Waals surface area contributed by atoms with Gasteiger partial charge in [0, 0.05) is 23.8 Å². The first-order valence-electron chi connectivity index (χ1n) is 7.11. The third-order valence-electron chi connectivity index (χ3n) is 3.60. The maximum Gasteiger partial charge on any atom is 0.321 e. The van der Waals surface area contributed by atoms with Gasteiger partial charge in [-0.05, 0) is 37.1 Å². The van der Waals surface area contributed by atoms with E-state index in [1.165, 1.54) is 0 Å². The Kier molecular flexibility index (Phi) is 5.47. The van der Waals surface area contributed by atoms with Crippen molar-refractivity contribution in [3.8, 4) is 0 Å². The number of carbonyl (C=O) groups is 1. The van der Waals surface area contributed by atoms with Crippen LogP contribution in [-0.4, -0.2) is 43.4 Å². The molecule has 0 spiro atoms. The van der Waals surface area contributed by atoms with Crippen LogP contribution >= 0.6 is 11.6 Å². The molecule has 1 unspecified atom stereocenters. The van der Waals surface area contributed by atoms with Gasteiger partial charge >= 0.3 is 6.03 Å². The van der Waals surface area contributed by atoms with Gasteiger partial charge in [0.2, 0.25) is 0 Å². The van der Waals surface area contributed by atoms with Crippen molar-refractivity contribution >= 4 is 33.5 Å². The van der Waals surface area contributed by atoms with Crippen molar-refractivity contribution in [3.63, 3.8) is 0 Å². The van der Waals surface area contributed by atoms with E-state index in [1.807, 2.05) is 19.1 Å². The molecule has 1 heterocycles. The van der Waals surface area contributed by atoms with Crippen molar-refractivity contribution in [1.82, 2.24) is 10.2 Å². The summed E-state index contributed by atoms with van der Waals surface area (Å²) in [4.78, 5) is 13.7. The Morgan fingerprint density at radius 2 is 2.09 bits per heavy atom. The van der Waals surface area contributed by atoms with E-state index in [0.29, 0.717) is 18.0 Å². The summed E-state index contributed by atoms with van der Waals surface area (Å²) in [6, 6.07) is 6.70. The largest absolute Gasteiger partial charge is 0.321 e. The molecule has 1 atom stereocenters. The molecular weight excluding hydrogens is 324 g/mol. The summed E-state index contributed by atoms with van der Waals surface area (Å²) in [6.45, 7) is 2.31. The van der Waals surface area contributed by atoms with Crippen LogP contribution in [0.4, 0.5) is 4.79 Å². The van der Waals surface area contributed by atoms with E-state index < -0.39 is 9.84 Å². The Morgan fingerprint density at radius 1 is 1.41 bits per heavy atom. The van der Waals surface area contributed by atoms with Gasteiger partial charge in [-0.15, -0.1) is 0 Å². The van der Waals surface area contributed by atoms with Gasteiger partial charge in [0.15, 0.2) is 9.84 Å². The predicted molar refractivity (Wildman–Crippen MR) is 88.5 cm³/mol. The molecular formula is C15H19ClN2O3S. The zero-order chi connectivity index (χ0) is 16.2. The van der Waals surface area contributed by atoms with Gasteiger partial charge in [0.25, 0.3) is 0 Å². The van der Waals surface area contributed by atoms with Crippen LogP contribution in [0.15, 0.2) is 30.5 Å². The Hall–Kier alpha value is -1.53. The van der Waals surface area contributed by atoms with Gasteiger partial charge in [0.05, 0.1) is 11.5 Å². The molecule has 1 saturated heterocycles. The lowest BCUT2D eigenvalue weighted by Crippen LogP contribution is -2.45. The molecule has 1 aromatic rings. The molecule has 1 aliphatic rings. The Morgan fingerprint density at radius 3 is 2.64 bits per heavy atom. The van der Waals surface area contributed by atoms with Crippen LogP contribution in [0.1, 0.15) is 18.9 Å². The van der Waals surface area contributed by atoms with Crippen molar-refractivity contribution < 1.29 is 13.2 Å². The highest BCUT2D eigenvalue weighted by Crippen LogP contribution is 2.17. The van der Waals surface area contributed by atoms with E-state index in [-0.39, 0.29) is 23.6 Å². The number of sulfone groups is 1. The lowest BCUT2D eigenvalue weighted by molar-refractivity contribution is 0.187. The van der Waals surface area contributed by atoms with E-state index in [9.17, 15) is 13.2 Å².